The number of benzene rings is 1. The number of hydrogen-bond donors (Lipinski definition) is 1. The summed E-state index contributed by atoms with van der Waals surface area (Å²) in [5, 5.41) is 8.66. The maximum absolute atomic E-state index is 10.5. The molecule has 0 bridgehead atoms. The summed E-state index contributed by atoms with van der Waals surface area (Å²) >= 11 is 0. The predicted molar refractivity (Wildman–Crippen MR) is 84.2 cm³/mol. The van der Waals surface area contributed by atoms with Gasteiger partial charge in [0.15, 0.2) is 0 Å². The number of likely N-dealkylation sites (tertiary alicyclic amines) is 1. The minimum absolute atomic E-state index is 0.273. The van der Waals surface area contributed by atoms with Crippen LogP contribution in [0.25, 0.3) is 0 Å². The monoisotopic (exact) mass is 290 g/mol. The standard InChI is InChI=1S/C17H26N2O2/c1-18(10-5-8-17(20)21)12-16-9-11-19(14-16)13-15-6-3-2-4-7-15/h2-4,6-7,16H,5,8-14H2,1H3,(H,20,21)/t16-/m1/s1. The summed E-state index contributed by atoms with van der Waals surface area (Å²) in [6.45, 7) is 5.31. The van der Waals surface area contributed by atoms with Crippen LogP contribution in [0.15, 0.2) is 30.3 Å². The molecule has 1 aromatic carbocycles. The van der Waals surface area contributed by atoms with Crippen molar-refractivity contribution in [3.63, 3.8) is 0 Å². The molecule has 1 saturated heterocycles. The van der Waals surface area contributed by atoms with E-state index in [1.54, 1.807) is 0 Å². The second-order valence-electron chi connectivity index (χ2n) is 6.13. The van der Waals surface area contributed by atoms with Crippen LogP contribution in [0, 0.1) is 5.92 Å². The van der Waals surface area contributed by atoms with Crippen LogP contribution >= 0.6 is 0 Å². The van der Waals surface area contributed by atoms with Gasteiger partial charge in [-0.1, -0.05) is 30.3 Å². The van der Waals surface area contributed by atoms with E-state index >= 15 is 0 Å². The number of carboxylic acids is 1. The van der Waals surface area contributed by atoms with Gasteiger partial charge in [-0.15, -0.1) is 0 Å². The Labute approximate surface area is 127 Å². The first-order valence-corrected chi connectivity index (χ1v) is 7.80. The van der Waals surface area contributed by atoms with Gasteiger partial charge in [-0.3, -0.25) is 9.69 Å². The van der Waals surface area contributed by atoms with Crippen LogP contribution in [0.3, 0.4) is 0 Å². The number of aliphatic carboxylic acids is 1. The molecular formula is C17H26N2O2. The van der Waals surface area contributed by atoms with Crippen LogP contribution in [0.1, 0.15) is 24.8 Å². The molecule has 0 amide bonds. The van der Waals surface area contributed by atoms with E-state index in [0.29, 0.717) is 5.92 Å². The summed E-state index contributed by atoms with van der Waals surface area (Å²) in [4.78, 5) is 15.3. The van der Waals surface area contributed by atoms with E-state index in [9.17, 15) is 4.79 Å². The topological polar surface area (TPSA) is 43.8 Å². The molecule has 21 heavy (non-hydrogen) atoms. The Bertz CT molecular complexity index is 436. The van der Waals surface area contributed by atoms with Gasteiger partial charge in [0.25, 0.3) is 0 Å². The third-order valence-corrected chi connectivity index (χ3v) is 4.12. The van der Waals surface area contributed by atoms with Crippen molar-refractivity contribution in [3.8, 4) is 0 Å². The highest BCUT2D eigenvalue weighted by molar-refractivity contribution is 5.66. The maximum Gasteiger partial charge on any atom is 0.303 e. The Morgan fingerprint density at radius 2 is 2.14 bits per heavy atom. The zero-order valence-corrected chi connectivity index (χ0v) is 12.9. The summed E-state index contributed by atoms with van der Waals surface area (Å²) in [6, 6.07) is 10.6. The lowest BCUT2D eigenvalue weighted by molar-refractivity contribution is -0.137. The minimum Gasteiger partial charge on any atom is -0.481 e. The zero-order valence-electron chi connectivity index (χ0n) is 12.9. The summed E-state index contributed by atoms with van der Waals surface area (Å²) in [5.74, 6) is 0.0156. The van der Waals surface area contributed by atoms with Crippen LogP contribution in [0.5, 0.6) is 0 Å². The van der Waals surface area contributed by atoms with Crippen molar-refractivity contribution >= 4 is 5.97 Å². The van der Waals surface area contributed by atoms with Crippen molar-refractivity contribution in [3.05, 3.63) is 35.9 Å². The Kier molecular flexibility index (Phi) is 6.21. The first kappa shape index (κ1) is 16.0. The van der Waals surface area contributed by atoms with E-state index in [0.717, 1.165) is 32.6 Å². The van der Waals surface area contributed by atoms with E-state index in [4.69, 9.17) is 5.11 Å². The van der Waals surface area contributed by atoms with Crippen LogP contribution < -0.4 is 0 Å². The van der Waals surface area contributed by atoms with Crippen molar-refractivity contribution in [1.82, 2.24) is 9.80 Å². The molecule has 2 rings (SSSR count). The summed E-state index contributed by atoms with van der Waals surface area (Å²) in [5.41, 5.74) is 1.38. The lowest BCUT2D eigenvalue weighted by Crippen LogP contribution is -2.29. The SMILES string of the molecule is CN(CCCC(=O)O)C[C@H]1CCN(Cc2ccccc2)C1. The number of carbonyl (C=O) groups is 1. The quantitative estimate of drug-likeness (QED) is 0.798. The lowest BCUT2D eigenvalue weighted by Gasteiger charge is -2.21. The van der Waals surface area contributed by atoms with Crippen molar-refractivity contribution in [2.24, 2.45) is 5.92 Å². The molecule has 116 valence electrons. The molecule has 1 N–H and O–H groups in total. The van der Waals surface area contributed by atoms with Gasteiger partial charge in [0.05, 0.1) is 0 Å². The van der Waals surface area contributed by atoms with Crippen molar-refractivity contribution in [2.45, 2.75) is 25.8 Å². The van der Waals surface area contributed by atoms with Crippen molar-refractivity contribution in [2.75, 3.05) is 33.2 Å². The molecule has 0 radical (unpaired) electrons. The molecule has 1 aromatic rings. The van der Waals surface area contributed by atoms with E-state index < -0.39 is 5.97 Å². The predicted octanol–water partition coefficient (Wildman–Crippen LogP) is 2.31. The molecule has 0 unspecified atom stereocenters. The Morgan fingerprint density at radius 3 is 2.86 bits per heavy atom. The van der Waals surface area contributed by atoms with Crippen LogP contribution in [-0.2, 0) is 11.3 Å². The van der Waals surface area contributed by atoms with Crippen LogP contribution in [0.4, 0.5) is 0 Å². The van der Waals surface area contributed by atoms with E-state index in [1.807, 2.05) is 0 Å². The number of nitrogens with zero attached hydrogens (tertiary/aromatic N) is 2. The minimum atomic E-state index is -0.696. The molecule has 0 saturated carbocycles. The molecule has 1 aliphatic rings. The third kappa shape index (κ3) is 5.86. The van der Waals surface area contributed by atoms with Gasteiger partial charge in [-0.2, -0.15) is 0 Å². The molecule has 0 spiro atoms. The maximum atomic E-state index is 10.5. The number of hydrogen-bond acceptors (Lipinski definition) is 3. The fourth-order valence-corrected chi connectivity index (χ4v) is 3.08. The fourth-order valence-electron chi connectivity index (χ4n) is 3.08. The molecular weight excluding hydrogens is 264 g/mol. The average Bonchev–Trinajstić information content (AvgIpc) is 2.86. The van der Waals surface area contributed by atoms with Gasteiger partial charge in [-0.25, -0.2) is 0 Å². The summed E-state index contributed by atoms with van der Waals surface area (Å²) in [6.07, 6.45) is 2.26. The van der Waals surface area contributed by atoms with E-state index in [2.05, 4.69) is 47.2 Å². The van der Waals surface area contributed by atoms with Crippen molar-refractivity contribution < 1.29 is 9.90 Å². The van der Waals surface area contributed by atoms with Crippen LogP contribution in [-0.4, -0.2) is 54.1 Å². The molecule has 4 nitrogen and oxygen atoms in total. The zero-order chi connectivity index (χ0) is 15.1. The highest BCUT2D eigenvalue weighted by Gasteiger charge is 2.23. The number of rotatable bonds is 8. The molecule has 1 aliphatic heterocycles. The van der Waals surface area contributed by atoms with Gasteiger partial charge >= 0.3 is 5.97 Å². The second kappa shape index (κ2) is 8.15. The van der Waals surface area contributed by atoms with Crippen molar-refractivity contribution in [1.29, 1.82) is 0 Å². The normalized spacial score (nSPS) is 19.2. The molecule has 1 heterocycles. The van der Waals surface area contributed by atoms with Gasteiger partial charge in [-0.05, 0) is 44.5 Å². The molecule has 0 aromatic heterocycles. The van der Waals surface area contributed by atoms with Gasteiger partial charge in [0, 0.05) is 26.1 Å². The fraction of sp³-hybridized carbons (Fsp3) is 0.588. The Morgan fingerprint density at radius 1 is 1.38 bits per heavy atom. The molecule has 1 fully saturated rings. The lowest BCUT2D eigenvalue weighted by atomic mass is 10.1. The smallest absolute Gasteiger partial charge is 0.303 e. The van der Waals surface area contributed by atoms with E-state index in [-0.39, 0.29) is 6.42 Å². The highest BCUT2D eigenvalue weighted by atomic mass is 16.4. The van der Waals surface area contributed by atoms with E-state index in [1.165, 1.54) is 18.5 Å². The third-order valence-electron chi connectivity index (χ3n) is 4.12. The summed E-state index contributed by atoms with van der Waals surface area (Å²) in [7, 11) is 2.10. The summed E-state index contributed by atoms with van der Waals surface area (Å²) < 4.78 is 0. The number of carboxylic acid groups (broad SMARTS) is 1. The van der Waals surface area contributed by atoms with Gasteiger partial charge in [0.2, 0.25) is 0 Å². The molecule has 0 aliphatic carbocycles. The highest BCUT2D eigenvalue weighted by Crippen LogP contribution is 2.19. The molecule has 1 atom stereocenters. The Balaban J connectivity index is 1.66. The second-order valence-corrected chi connectivity index (χ2v) is 6.13. The van der Waals surface area contributed by atoms with Gasteiger partial charge < -0.3 is 10.0 Å². The molecule has 4 heteroatoms. The average molecular weight is 290 g/mol. The first-order valence-electron chi connectivity index (χ1n) is 7.80. The largest absolute Gasteiger partial charge is 0.481 e. The first-order chi connectivity index (χ1) is 10.1. The Hall–Kier alpha value is -1.39. The van der Waals surface area contributed by atoms with Gasteiger partial charge in [0.1, 0.15) is 0 Å². The van der Waals surface area contributed by atoms with Crippen LogP contribution in [0.2, 0.25) is 0 Å².